The second-order valence-electron chi connectivity index (χ2n) is 4.97. The van der Waals surface area contributed by atoms with Crippen molar-refractivity contribution in [3.63, 3.8) is 0 Å². The Hall–Kier alpha value is -2.14. The summed E-state index contributed by atoms with van der Waals surface area (Å²) in [5.41, 5.74) is 8.43. The van der Waals surface area contributed by atoms with Crippen molar-refractivity contribution in [1.29, 1.82) is 0 Å². The maximum Gasteiger partial charge on any atom is 0.127 e. The molecule has 0 aliphatic carbocycles. The van der Waals surface area contributed by atoms with Crippen molar-refractivity contribution in [1.82, 2.24) is 19.1 Å². The summed E-state index contributed by atoms with van der Waals surface area (Å²) in [5, 5.41) is 0. The molecule has 1 unspecified atom stereocenters. The molecule has 0 amide bonds. The predicted octanol–water partition coefficient (Wildman–Crippen LogP) is 2.34. The summed E-state index contributed by atoms with van der Waals surface area (Å²) in [5.74, 6) is 0.935. The van der Waals surface area contributed by atoms with Gasteiger partial charge >= 0.3 is 0 Å². The zero-order chi connectivity index (χ0) is 13.9. The first-order valence-electron chi connectivity index (χ1n) is 6.96. The topological polar surface area (TPSA) is 61.7 Å². The highest BCUT2D eigenvalue weighted by atomic mass is 15.1. The summed E-state index contributed by atoms with van der Waals surface area (Å²) in [6.45, 7) is 3.79. The molecule has 3 aromatic rings. The second kappa shape index (κ2) is 5.46. The van der Waals surface area contributed by atoms with Gasteiger partial charge in [0, 0.05) is 25.5 Å². The van der Waals surface area contributed by atoms with E-state index in [1.165, 1.54) is 0 Å². The predicted molar refractivity (Wildman–Crippen MR) is 79.2 cm³/mol. The summed E-state index contributed by atoms with van der Waals surface area (Å²) in [6.07, 6.45) is 6.73. The lowest BCUT2D eigenvalue weighted by atomic mass is 10.2. The van der Waals surface area contributed by atoms with E-state index in [2.05, 4.69) is 32.1 Å². The van der Waals surface area contributed by atoms with Gasteiger partial charge in [-0.2, -0.15) is 0 Å². The van der Waals surface area contributed by atoms with E-state index in [1.54, 1.807) is 0 Å². The van der Waals surface area contributed by atoms with Crippen LogP contribution in [0.5, 0.6) is 0 Å². The van der Waals surface area contributed by atoms with Crippen LogP contribution in [-0.4, -0.2) is 19.1 Å². The Morgan fingerprint density at radius 2 is 2.05 bits per heavy atom. The third kappa shape index (κ3) is 2.32. The van der Waals surface area contributed by atoms with Crippen molar-refractivity contribution in [2.75, 3.05) is 0 Å². The quantitative estimate of drug-likeness (QED) is 0.773. The Labute approximate surface area is 118 Å². The van der Waals surface area contributed by atoms with Gasteiger partial charge in [0.05, 0.1) is 23.4 Å². The minimum atomic E-state index is -0.130. The third-order valence-corrected chi connectivity index (χ3v) is 3.46. The van der Waals surface area contributed by atoms with Crippen LogP contribution < -0.4 is 5.73 Å². The standard InChI is InChI=1S/C15H19N5/c1-2-8-19-9-7-17-15(19)12(16)10-20-11-18-13-5-3-4-6-14(13)20/h3-7,9,11-12H,2,8,10,16H2,1H3. The lowest BCUT2D eigenvalue weighted by Crippen LogP contribution is -2.21. The van der Waals surface area contributed by atoms with Gasteiger partial charge in [0.1, 0.15) is 5.82 Å². The van der Waals surface area contributed by atoms with Crippen LogP contribution in [0.15, 0.2) is 43.0 Å². The van der Waals surface area contributed by atoms with Gasteiger partial charge in [-0.15, -0.1) is 0 Å². The first kappa shape index (κ1) is 12.9. The molecule has 5 heteroatoms. The van der Waals surface area contributed by atoms with Crippen LogP contribution in [0.1, 0.15) is 25.2 Å². The van der Waals surface area contributed by atoms with Crippen LogP contribution in [0.3, 0.4) is 0 Å². The van der Waals surface area contributed by atoms with Gasteiger partial charge in [-0.1, -0.05) is 19.1 Å². The molecule has 2 N–H and O–H groups in total. The maximum atomic E-state index is 6.32. The van der Waals surface area contributed by atoms with Crippen molar-refractivity contribution >= 4 is 11.0 Å². The number of aryl methyl sites for hydroxylation is 1. The Balaban J connectivity index is 1.85. The number of nitrogens with two attached hydrogens (primary N) is 1. The minimum Gasteiger partial charge on any atom is -0.334 e. The van der Waals surface area contributed by atoms with Gasteiger partial charge in [0.25, 0.3) is 0 Å². The number of imidazole rings is 2. The van der Waals surface area contributed by atoms with Crippen LogP contribution in [0.25, 0.3) is 11.0 Å². The van der Waals surface area contributed by atoms with Crippen LogP contribution in [0, 0.1) is 0 Å². The van der Waals surface area contributed by atoms with Gasteiger partial charge in [-0.3, -0.25) is 0 Å². The SMILES string of the molecule is CCCn1ccnc1C(N)Cn1cnc2ccccc21. The molecule has 0 bridgehead atoms. The first-order chi connectivity index (χ1) is 9.79. The number of aromatic nitrogens is 4. The number of para-hydroxylation sites is 2. The Morgan fingerprint density at radius 1 is 1.20 bits per heavy atom. The molecule has 0 fully saturated rings. The monoisotopic (exact) mass is 269 g/mol. The molecule has 0 radical (unpaired) electrons. The van der Waals surface area contributed by atoms with Crippen molar-refractivity contribution in [3.8, 4) is 0 Å². The fourth-order valence-corrected chi connectivity index (χ4v) is 2.53. The van der Waals surface area contributed by atoms with E-state index in [0.29, 0.717) is 6.54 Å². The molecule has 0 aliphatic heterocycles. The lowest BCUT2D eigenvalue weighted by Gasteiger charge is -2.14. The largest absolute Gasteiger partial charge is 0.334 e. The summed E-state index contributed by atoms with van der Waals surface area (Å²) in [7, 11) is 0. The zero-order valence-electron chi connectivity index (χ0n) is 11.6. The smallest absolute Gasteiger partial charge is 0.127 e. The number of benzene rings is 1. The van der Waals surface area contributed by atoms with E-state index in [9.17, 15) is 0 Å². The van der Waals surface area contributed by atoms with Crippen LogP contribution in [-0.2, 0) is 13.1 Å². The van der Waals surface area contributed by atoms with E-state index < -0.39 is 0 Å². The molecule has 2 heterocycles. The summed E-state index contributed by atoms with van der Waals surface area (Å²) < 4.78 is 4.22. The van der Waals surface area contributed by atoms with Crippen molar-refractivity contribution < 1.29 is 0 Å². The van der Waals surface area contributed by atoms with E-state index in [-0.39, 0.29) is 6.04 Å². The van der Waals surface area contributed by atoms with Crippen molar-refractivity contribution in [2.24, 2.45) is 5.73 Å². The maximum absolute atomic E-state index is 6.32. The average Bonchev–Trinajstić information content (AvgIpc) is 3.07. The number of rotatable bonds is 5. The van der Waals surface area contributed by atoms with Crippen LogP contribution in [0.2, 0.25) is 0 Å². The first-order valence-corrected chi connectivity index (χ1v) is 6.96. The molecular weight excluding hydrogens is 250 g/mol. The second-order valence-corrected chi connectivity index (χ2v) is 4.97. The Bertz CT molecular complexity index is 697. The van der Waals surface area contributed by atoms with Gasteiger partial charge in [-0.05, 0) is 18.6 Å². The number of hydrogen-bond acceptors (Lipinski definition) is 3. The Kier molecular flexibility index (Phi) is 3.52. The molecule has 0 saturated heterocycles. The minimum absolute atomic E-state index is 0.130. The van der Waals surface area contributed by atoms with Gasteiger partial charge in [-0.25, -0.2) is 9.97 Å². The highest BCUT2D eigenvalue weighted by Gasteiger charge is 2.14. The molecule has 104 valence electrons. The molecule has 1 aromatic carbocycles. The molecule has 1 atom stereocenters. The fraction of sp³-hybridized carbons (Fsp3) is 0.333. The van der Waals surface area contributed by atoms with Gasteiger partial charge < -0.3 is 14.9 Å². The van der Waals surface area contributed by atoms with Gasteiger partial charge in [0.2, 0.25) is 0 Å². The van der Waals surface area contributed by atoms with Crippen molar-refractivity contribution in [2.45, 2.75) is 32.5 Å². The van der Waals surface area contributed by atoms with E-state index >= 15 is 0 Å². The average molecular weight is 269 g/mol. The fourth-order valence-electron chi connectivity index (χ4n) is 2.53. The molecule has 0 aliphatic rings. The van der Waals surface area contributed by atoms with Crippen molar-refractivity contribution in [3.05, 3.63) is 48.8 Å². The summed E-state index contributed by atoms with van der Waals surface area (Å²) in [4.78, 5) is 8.79. The zero-order valence-corrected chi connectivity index (χ0v) is 11.6. The summed E-state index contributed by atoms with van der Waals surface area (Å²) in [6, 6.07) is 7.95. The molecule has 20 heavy (non-hydrogen) atoms. The highest BCUT2D eigenvalue weighted by molar-refractivity contribution is 5.74. The molecule has 0 spiro atoms. The lowest BCUT2D eigenvalue weighted by molar-refractivity contribution is 0.519. The molecule has 5 nitrogen and oxygen atoms in total. The highest BCUT2D eigenvalue weighted by Crippen LogP contribution is 2.16. The summed E-state index contributed by atoms with van der Waals surface area (Å²) >= 11 is 0. The molecular formula is C15H19N5. The van der Waals surface area contributed by atoms with E-state index in [4.69, 9.17) is 5.73 Å². The van der Waals surface area contributed by atoms with E-state index in [0.717, 1.165) is 29.8 Å². The normalized spacial score (nSPS) is 12.9. The molecule has 2 aromatic heterocycles. The van der Waals surface area contributed by atoms with Gasteiger partial charge in [0.15, 0.2) is 0 Å². The number of hydrogen-bond donors (Lipinski definition) is 1. The number of nitrogens with zero attached hydrogens (tertiary/aromatic N) is 4. The Morgan fingerprint density at radius 3 is 2.90 bits per heavy atom. The van der Waals surface area contributed by atoms with Crippen LogP contribution in [0.4, 0.5) is 0 Å². The molecule has 3 rings (SSSR count). The third-order valence-electron chi connectivity index (χ3n) is 3.46. The van der Waals surface area contributed by atoms with Crippen LogP contribution >= 0.6 is 0 Å². The number of fused-ring (bicyclic) bond motifs is 1. The molecule has 0 saturated carbocycles. The van der Waals surface area contributed by atoms with E-state index in [1.807, 2.05) is 36.9 Å².